The van der Waals surface area contributed by atoms with Gasteiger partial charge in [-0.15, -0.1) is 0 Å². The average molecular weight is 409 g/mol. The number of benzene rings is 1. The third kappa shape index (κ3) is 4.30. The number of carbonyl (C=O) groups excluding carboxylic acids is 2. The molecule has 0 spiro atoms. The van der Waals surface area contributed by atoms with Crippen LogP contribution in [0.25, 0.3) is 0 Å². The number of para-hydroxylation sites is 1. The molecule has 0 N–H and O–H groups in total. The van der Waals surface area contributed by atoms with Gasteiger partial charge in [0.05, 0.1) is 12.5 Å². The van der Waals surface area contributed by atoms with E-state index in [1.807, 2.05) is 49.1 Å². The van der Waals surface area contributed by atoms with Crippen molar-refractivity contribution in [3.05, 3.63) is 47.9 Å². The SMILES string of the molecule is Cc1ncnc(OCC2CCN(C(=O)C3CC(=O)N(c4ccccc4)C3)CC2)c1C. The van der Waals surface area contributed by atoms with Crippen LogP contribution in [-0.2, 0) is 9.59 Å². The summed E-state index contributed by atoms with van der Waals surface area (Å²) < 4.78 is 5.92. The van der Waals surface area contributed by atoms with Gasteiger partial charge >= 0.3 is 0 Å². The predicted molar refractivity (Wildman–Crippen MR) is 113 cm³/mol. The van der Waals surface area contributed by atoms with Gasteiger partial charge in [-0.1, -0.05) is 18.2 Å². The van der Waals surface area contributed by atoms with E-state index in [0.717, 1.165) is 29.8 Å². The molecule has 0 aliphatic carbocycles. The number of hydrogen-bond acceptors (Lipinski definition) is 5. The Morgan fingerprint density at radius 3 is 2.60 bits per heavy atom. The van der Waals surface area contributed by atoms with Gasteiger partial charge in [-0.2, -0.15) is 0 Å². The lowest BCUT2D eigenvalue weighted by Crippen LogP contribution is -2.43. The second-order valence-electron chi connectivity index (χ2n) is 8.21. The molecule has 0 saturated carbocycles. The minimum Gasteiger partial charge on any atom is -0.477 e. The standard InChI is InChI=1S/C23H28N4O3/c1-16-17(2)24-15-25-22(16)30-14-18-8-10-26(11-9-18)23(29)19-12-21(28)27(13-19)20-6-4-3-5-7-20/h3-7,15,18-19H,8-14H2,1-2H3. The number of carbonyl (C=O) groups is 2. The normalized spacial score (nSPS) is 19.9. The molecule has 1 aromatic heterocycles. The van der Waals surface area contributed by atoms with Gasteiger partial charge in [0.15, 0.2) is 0 Å². The zero-order valence-electron chi connectivity index (χ0n) is 17.6. The fraction of sp³-hybridized carbons (Fsp3) is 0.478. The van der Waals surface area contributed by atoms with E-state index >= 15 is 0 Å². The predicted octanol–water partition coefficient (Wildman–Crippen LogP) is 2.76. The van der Waals surface area contributed by atoms with Crippen molar-refractivity contribution in [2.45, 2.75) is 33.1 Å². The third-order valence-corrected chi connectivity index (χ3v) is 6.21. The quantitative estimate of drug-likeness (QED) is 0.760. The highest BCUT2D eigenvalue weighted by Crippen LogP contribution is 2.28. The molecule has 7 nitrogen and oxygen atoms in total. The Morgan fingerprint density at radius 1 is 1.13 bits per heavy atom. The summed E-state index contributed by atoms with van der Waals surface area (Å²) in [5, 5.41) is 0. The van der Waals surface area contributed by atoms with Gasteiger partial charge in [-0.25, -0.2) is 9.97 Å². The number of hydrogen-bond donors (Lipinski definition) is 0. The van der Waals surface area contributed by atoms with E-state index in [9.17, 15) is 9.59 Å². The maximum absolute atomic E-state index is 13.0. The lowest BCUT2D eigenvalue weighted by Gasteiger charge is -2.33. The van der Waals surface area contributed by atoms with Crippen LogP contribution in [0.5, 0.6) is 5.88 Å². The van der Waals surface area contributed by atoms with E-state index in [0.29, 0.717) is 44.5 Å². The highest BCUT2D eigenvalue weighted by Gasteiger charge is 2.38. The van der Waals surface area contributed by atoms with Gasteiger partial charge in [0.2, 0.25) is 17.7 Å². The smallest absolute Gasteiger partial charge is 0.228 e. The van der Waals surface area contributed by atoms with Gasteiger partial charge in [0.25, 0.3) is 0 Å². The second kappa shape index (κ2) is 8.81. The number of anilines is 1. The second-order valence-corrected chi connectivity index (χ2v) is 8.21. The summed E-state index contributed by atoms with van der Waals surface area (Å²) in [4.78, 5) is 37.5. The molecule has 30 heavy (non-hydrogen) atoms. The first-order valence-corrected chi connectivity index (χ1v) is 10.6. The van der Waals surface area contributed by atoms with Gasteiger partial charge in [-0.05, 0) is 44.7 Å². The summed E-state index contributed by atoms with van der Waals surface area (Å²) in [5.74, 6) is 0.917. The Hall–Kier alpha value is -2.96. The van der Waals surface area contributed by atoms with E-state index in [1.165, 1.54) is 6.33 Å². The molecule has 2 saturated heterocycles. The molecule has 0 radical (unpaired) electrons. The molecule has 1 atom stereocenters. The van der Waals surface area contributed by atoms with Crippen LogP contribution in [0.3, 0.4) is 0 Å². The molecule has 7 heteroatoms. The van der Waals surface area contributed by atoms with Crippen molar-refractivity contribution in [1.82, 2.24) is 14.9 Å². The van der Waals surface area contributed by atoms with E-state index < -0.39 is 0 Å². The van der Waals surface area contributed by atoms with E-state index in [2.05, 4.69) is 9.97 Å². The molecule has 2 aliphatic rings. The fourth-order valence-corrected chi connectivity index (χ4v) is 4.17. The summed E-state index contributed by atoms with van der Waals surface area (Å²) in [6.07, 6.45) is 3.62. The number of rotatable bonds is 5. The fourth-order valence-electron chi connectivity index (χ4n) is 4.17. The Labute approximate surface area is 177 Å². The zero-order valence-corrected chi connectivity index (χ0v) is 17.6. The molecule has 1 unspecified atom stereocenters. The molecule has 2 aliphatic heterocycles. The topological polar surface area (TPSA) is 75.6 Å². The van der Waals surface area contributed by atoms with E-state index in [1.54, 1.807) is 4.90 Å². The van der Waals surface area contributed by atoms with Gasteiger partial charge in [0.1, 0.15) is 6.33 Å². The number of likely N-dealkylation sites (tertiary alicyclic amines) is 1. The largest absolute Gasteiger partial charge is 0.477 e. The van der Waals surface area contributed by atoms with Crippen molar-refractivity contribution in [1.29, 1.82) is 0 Å². The number of amides is 2. The van der Waals surface area contributed by atoms with Crippen molar-refractivity contribution < 1.29 is 14.3 Å². The van der Waals surface area contributed by atoms with Crippen LogP contribution >= 0.6 is 0 Å². The molecule has 2 fully saturated rings. The number of aryl methyl sites for hydroxylation is 1. The number of ether oxygens (including phenoxy) is 1. The van der Waals surface area contributed by atoms with Crippen LogP contribution < -0.4 is 9.64 Å². The molecule has 0 bridgehead atoms. The molecule has 3 heterocycles. The summed E-state index contributed by atoms with van der Waals surface area (Å²) in [7, 11) is 0. The Bertz CT molecular complexity index is 910. The molecular weight excluding hydrogens is 380 g/mol. The number of piperidine rings is 1. The zero-order chi connectivity index (χ0) is 21.1. The third-order valence-electron chi connectivity index (χ3n) is 6.21. The van der Waals surface area contributed by atoms with Gasteiger partial charge in [0, 0.05) is 43.0 Å². The van der Waals surface area contributed by atoms with E-state index in [4.69, 9.17) is 4.74 Å². The molecule has 158 valence electrons. The van der Waals surface area contributed by atoms with Crippen molar-refractivity contribution in [3.63, 3.8) is 0 Å². The molecule has 2 amide bonds. The minimum atomic E-state index is -0.253. The first kappa shape index (κ1) is 20.3. The molecule has 4 rings (SSSR count). The van der Waals surface area contributed by atoms with Crippen LogP contribution in [0.1, 0.15) is 30.5 Å². The van der Waals surface area contributed by atoms with Crippen LogP contribution in [0, 0.1) is 25.7 Å². The average Bonchev–Trinajstić information content (AvgIpc) is 3.17. The Kier molecular flexibility index (Phi) is 5.97. The van der Waals surface area contributed by atoms with Crippen LogP contribution in [0.15, 0.2) is 36.7 Å². The summed E-state index contributed by atoms with van der Waals surface area (Å²) in [5.41, 5.74) is 2.76. The van der Waals surface area contributed by atoms with Crippen molar-refractivity contribution in [2.24, 2.45) is 11.8 Å². The lowest BCUT2D eigenvalue weighted by atomic mass is 9.96. The minimum absolute atomic E-state index is 0.0263. The highest BCUT2D eigenvalue weighted by atomic mass is 16.5. The first-order chi connectivity index (χ1) is 14.5. The Morgan fingerprint density at radius 2 is 1.87 bits per heavy atom. The van der Waals surface area contributed by atoms with Crippen LogP contribution in [-0.4, -0.2) is 52.9 Å². The van der Waals surface area contributed by atoms with Crippen molar-refractivity contribution in [3.8, 4) is 5.88 Å². The summed E-state index contributed by atoms with van der Waals surface area (Å²) in [6, 6.07) is 9.58. The lowest BCUT2D eigenvalue weighted by molar-refractivity contribution is -0.137. The number of nitrogens with zero attached hydrogens (tertiary/aromatic N) is 4. The summed E-state index contributed by atoms with van der Waals surface area (Å²) in [6.45, 7) is 6.41. The van der Waals surface area contributed by atoms with Crippen molar-refractivity contribution >= 4 is 17.5 Å². The van der Waals surface area contributed by atoms with Crippen LogP contribution in [0.4, 0.5) is 5.69 Å². The first-order valence-electron chi connectivity index (χ1n) is 10.6. The number of aromatic nitrogens is 2. The molecule has 1 aromatic carbocycles. The molecule has 2 aromatic rings. The van der Waals surface area contributed by atoms with Crippen LogP contribution in [0.2, 0.25) is 0 Å². The highest BCUT2D eigenvalue weighted by molar-refractivity contribution is 6.00. The van der Waals surface area contributed by atoms with Gasteiger partial charge in [-0.3, -0.25) is 9.59 Å². The Balaban J connectivity index is 1.27. The maximum Gasteiger partial charge on any atom is 0.228 e. The maximum atomic E-state index is 13.0. The van der Waals surface area contributed by atoms with E-state index in [-0.39, 0.29) is 17.7 Å². The van der Waals surface area contributed by atoms with Gasteiger partial charge < -0.3 is 14.5 Å². The monoisotopic (exact) mass is 408 g/mol. The van der Waals surface area contributed by atoms with Crippen molar-refractivity contribution in [2.75, 3.05) is 31.1 Å². The summed E-state index contributed by atoms with van der Waals surface area (Å²) >= 11 is 0. The molecular formula is C23H28N4O3.